The first kappa shape index (κ1) is 32.3. The molecule has 10 heteroatoms. The summed E-state index contributed by atoms with van der Waals surface area (Å²) in [7, 11) is 1.56. The van der Waals surface area contributed by atoms with Gasteiger partial charge in [-0.1, -0.05) is 35.5 Å². The number of aromatic nitrogens is 1. The van der Waals surface area contributed by atoms with E-state index in [9.17, 15) is 9.59 Å². The molecule has 4 aromatic rings. The van der Waals surface area contributed by atoms with Gasteiger partial charge in [0.15, 0.2) is 22.9 Å². The Bertz CT molecular complexity index is 1530. The van der Waals surface area contributed by atoms with Crippen LogP contribution in [0.4, 0.5) is 5.82 Å². The summed E-state index contributed by atoms with van der Waals surface area (Å²) >= 11 is 0. The summed E-state index contributed by atoms with van der Waals surface area (Å²) in [6.07, 6.45) is 1.90. The van der Waals surface area contributed by atoms with Crippen molar-refractivity contribution in [2.24, 2.45) is 5.73 Å². The van der Waals surface area contributed by atoms with E-state index in [-0.39, 0.29) is 23.9 Å². The maximum Gasteiger partial charge on any atom is 0.254 e. The smallest absolute Gasteiger partial charge is 0.254 e. The summed E-state index contributed by atoms with van der Waals surface area (Å²) in [4.78, 5) is 27.6. The largest absolute Gasteiger partial charge is 0.494 e. The summed E-state index contributed by atoms with van der Waals surface area (Å²) < 4.78 is 22.8. The molecule has 0 radical (unpaired) electrons. The van der Waals surface area contributed by atoms with Crippen molar-refractivity contribution in [3.8, 4) is 17.2 Å². The summed E-state index contributed by atoms with van der Waals surface area (Å²) in [5.41, 5.74) is 8.19. The minimum absolute atomic E-state index is 0.0393. The number of anilines is 1. The summed E-state index contributed by atoms with van der Waals surface area (Å²) in [6, 6.07) is 19.7. The van der Waals surface area contributed by atoms with Crippen LogP contribution in [0.5, 0.6) is 17.2 Å². The van der Waals surface area contributed by atoms with Crippen LogP contribution in [0.25, 0.3) is 11.0 Å². The highest BCUT2D eigenvalue weighted by Gasteiger charge is 2.23. The molecule has 2 amide bonds. The highest BCUT2D eigenvalue weighted by atomic mass is 16.5. The zero-order valence-electron chi connectivity index (χ0n) is 26.0. The van der Waals surface area contributed by atoms with E-state index in [4.69, 9.17) is 24.5 Å². The van der Waals surface area contributed by atoms with Gasteiger partial charge in [0, 0.05) is 17.6 Å². The van der Waals surface area contributed by atoms with Crippen molar-refractivity contribution in [2.75, 3.05) is 25.6 Å². The Morgan fingerprint density at radius 2 is 1.61 bits per heavy atom. The first-order valence-electron chi connectivity index (χ1n) is 14.9. The van der Waals surface area contributed by atoms with E-state index in [1.54, 1.807) is 43.5 Å². The van der Waals surface area contributed by atoms with E-state index in [2.05, 4.69) is 10.5 Å². The lowest BCUT2D eigenvalue weighted by Crippen LogP contribution is -2.42. The van der Waals surface area contributed by atoms with Crippen LogP contribution in [0, 0.1) is 0 Å². The van der Waals surface area contributed by atoms with Crippen molar-refractivity contribution in [2.45, 2.75) is 65.1 Å². The molecule has 234 valence electrons. The highest BCUT2D eigenvalue weighted by molar-refractivity contribution is 6.01. The molecule has 0 aliphatic carbocycles. The molecule has 0 fully saturated rings. The van der Waals surface area contributed by atoms with Gasteiger partial charge in [0.25, 0.3) is 5.91 Å². The molecule has 4 rings (SSSR count). The Kier molecular flexibility index (Phi) is 11.2. The second-order valence-electron chi connectivity index (χ2n) is 11.1. The quantitative estimate of drug-likeness (QED) is 0.162. The Morgan fingerprint density at radius 1 is 0.909 bits per heavy atom. The molecule has 0 aliphatic heterocycles. The van der Waals surface area contributed by atoms with E-state index >= 15 is 0 Å². The number of nitrogens with one attached hydrogen (secondary N) is 1. The lowest BCUT2D eigenvalue weighted by Gasteiger charge is -2.31. The second kappa shape index (κ2) is 15.2. The number of fused-ring (bicyclic) bond motifs is 1. The van der Waals surface area contributed by atoms with Gasteiger partial charge in [0.1, 0.15) is 5.75 Å². The molecule has 0 saturated heterocycles. The first-order valence-corrected chi connectivity index (χ1v) is 14.9. The van der Waals surface area contributed by atoms with Crippen molar-refractivity contribution in [1.29, 1.82) is 0 Å². The van der Waals surface area contributed by atoms with Crippen LogP contribution in [0.2, 0.25) is 0 Å². The van der Waals surface area contributed by atoms with Gasteiger partial charge in [0.2, 0.25) is 5.91 Å². The zero-order valence-corrected chi connectivity index (χ0v) is 26.0. The fraction of sp³-hybridized carbons (Fsp3) is 0.382. The van der Waals surface area contributed by atoms with Crippen LogP contribution in [0.1, 0.15) is 56.5 Å². The maximum atomic E-state index is 13.1. The number of rotatable bonds is 15. The number of hydrogen-bond acceptors (Lipinski definition) is 8. The monoisotopic (exact) mass is 602 g/mol. The number of carbonyl (C=O) groups is 2. The van der Waals surface area contributed by atoms with Gasteiger partial charge in [-0.2, -0.15) is 0 Å². The van der Waals surface area contributed by atoms with Gasteiger partial charge in [-0.25, -0.2) is 0 Å². The predicted octanol–water partition coefficient (Wildman–Crippen LogP) is 5.84. The van der Waals surface area contributed by atoms with E-state index < -0.39 is 6.04 Å². The van der Waals surface area contributed by atoms with Crippen molar-refractivity contribution in [1.82, 2.24) is 10.1 Å². The number of ether oxygens (including phenoxy) is 3. The van der Waals surface area contributed by atoms with Gasteiger partial charge in [-0.3, -0.25) is 9.59 Å². The van der Waals surface area contributed by atoms with Gasteiger partial charge >= 0.3 is 0 Å². The molecular formula is C34H42N4O6. The third-order valence-electron chi connectivity index (χ3n) is 7.14. The molecular weight excluding hydrogens is 560 g/mol. The van der Waals surface area contributed by atoms with E-state index in [1.807, 2.05) is 62.9 Å². The van der Waals surface area contributed by atoms with Crippen LogP contribution in [0.15, 0.2) is 71.3 Å². The molecule has 10 nitrogen and oxygen atoms in total. The standard InChI is InChI=1S/C34H42N4O6/c1-22(2)38(23(3)4)34(40)25-13-15-30(31(20-25)41-5)43-18-10-9-17-42-26-14-16-29-27(21-26)32(37-44-29)36-33(39)28(35)19-24-11-7-6-8-12-24/h6-8,11-16,20-23,28H,9-10,17-19,35H2,1-5H3,(H,36,37,39)/t28-/m0/s1. The summed E-state index contributed by atoms with van der Waals surface area (Å²) in [6.45, 7) is 8.95. The molecule has 44 heavy (non-hydrogen) atoms. The predicted molar refractivity (Wildman–Crippen MR) is 170 cm³/mol. The number of nitrogens with two attached hydrogens (primary N) is 1. The fourth-order valence-electron chi connectivity index (χ4n) is 4.98. The van der Waals surface area contributed by atoms with E-state index in [0.717, 1.165) is 18.4 Å². The summed E-state index contributed by atoms with van der Waals surface area (Å²) in [5.74, 6) is 1.65. The zero-order chi connectivity index (χ0) is 31.6. The van der Waals surface area contributed by atoms with E-state index in [1.165, 1.54) is 0 Å². The molecule has 0 saturated carbocycles. The number of hydrogen-bond donors (Lipinski definition) is 2. The number of benzene rings is 3. The number of nitrogens with zero attached hydrogens (tertiary/aromatic N) is 2. The number of amides is 2. The Morgan fingerprint density at radius 3 is 2.30 bits per heavy atom. The molecule has 0 aliphatic rings. The topological polar surface area (TPSA) is 129 Å². The molecule has 0 bridgehead atoms. The van der Waals surface area contributed by atoms with Crippen LogP contribution < -0.4 is 25.3 Å². The lowest BCUT2D eigenvalue weighted by atomic mass is 10.1. The van der Waals surface area contributed by atoms with Crippen LogP contribution in [0.3, 0.4) is 0 Å². The summed E-state index contributed by atoms with van der Waals surface area (Å²) in [5, 5.41) is 7.41. The number of unbranched alkanes of at least 4 members (excludes halogenated alkanes) is 1. The molecule has 1 atom stereocenters. The molecule has 3 N–H and O–H groups in total. The average Bonchev–Trinajstić information content (AvgIpc) is 3.40. The van der Waals surface area contributed by atoms with Crippen molar-refractivity contribution < 1.29 is 28.3 Å². The second-order valence-corrected chi connectivity index (χ2v) is 11.1. The van der Waals surface area contributed by atoms with Crippen LogP contribution >= 0.6 is 0 Å². The van der Waals surface area contributed by atoms with Crippen LogP contribution in [-0.4, -0.2) is 60.3 Å². The maximum absolute atomic E-state index is 13.1. The Labute approximate surface area is 258 Å². The molecule has 1 aromatic heterocycles. The lowest BCUT2D eigenvalue weighted by molar-refractivity contribution is -0.117. The Balaban J connectivity index is 1.25. The molecule has 0 unspecified atom stereocenters. The third-order valence-corrected chi connectivity index (χ3v) is 7.14. The van der Waals surface area contributed by atoms with Crippen molar-refractivity contribution >= 4 is 28.6 Å². The van der Waals surface area contributed by atoms with E-state index in [0.29, 0.717) is 59.2 Å². The molecule has 1 heterocycles. The molecule has 0 spiro atoms. The normalized spacial score (nSPS) is 11.9. The SMILES string of the molecule is COc1cc(C(=O)N(C(C)C)C(C)C)ccc1OCCCCOc1ccc2onc(NC(=O)[C@@H](N)Cc3ccccc3)c2c1. The minimum atomic E-state index is -0.730. The minimum Gasteiger partial charge on any atom is -0.494 e. The van der Waals surface area contributed by atoms with Gasteiger partial charge in [-0.15, -0.1) is 0 Å². The highest BCUT2D eigenvalue weighted by Crippen LogP contribution is 2.30. The fourth-order valence-corrected chi connectivity index (χ4v) is 4.98. The Hall–Kier alpha value is -4.57. The van der Waals surface area contributed by atoms with Crippen molar-refractivity contribution in [3.05, 3.63) is 77.9 Å². The van der Waals surface area contributed by atoms with Gasteiger partial charge < -0.3 is 34.7 Å². The van der Waals surface area contributed by atoms with Gasteiger partial charge in [0.05, 0.1) is 31.8 Å². The third kappa shape index (κ3) is 8.29. The molecule has 3 aromatic carbocycles. The van der Waals surface area contributed by atoms with Crippen molar-refractivity contribution in [3.63, 3.8) is 0 Å². The first-order chi connectivity index (χ1) is 21.2. The average molecular weight is 603 g/mol. The number of methoxy groups -OCH3 is 1. The number of carbonyl (C=O) groups excluding carboxylic acids is 2. The van der Waals surface area contributed by atoms with Gasteiger partial charge in [-0.05, 0) is 88.9 Å². The van der Waals surface area contributed by atoms with Crippen LogP contribution in [-0.2, 0) is 11.2 Å².